The summed E-state index contributed by atoms with van der Waals surface area (Å²) in [7, 11) is 0. The van der Waals surface area contributed by atoms with Gasteiger partial charge in [0.25, 0.3) is 0 Å². The highest BCUT2D eigenvalue weighted by atomic mass is 16.5. The SMILES string of the molecule is CCCCOC(=O)c1nc2ccccc2nc1N[C@@H](C)c1ccccc1. The van der Waals surface area contributed by atoms with E-state index in [1.165, 1.54) is 0 Å². The number of unbranched alkanes of at least 4 members (excludes halogenated alkanes) is 1. The fourth-order valence-corrected chi connectivity index (χ4v) is 2.65. The zero-order chi connectivity index (χ0) is 18.4. The lowest BCUT2D eigenvalue weighted by Crippen LogP contribution is -2.16. The number of fused-ring (bicyclic) bond motifs is 1. The highest BCUT2D eigenvalue weighted by Gasteiger charge is 2.19. The molecule has 0 aliphatic rings. The molecule has 2 aromatic carbocycles. The molecule has 0 fully saturated rings. The molecule has 0 saturated heterocycles. The quantitative estimate of drug-likeness (QED) is 0.492. The van der Waals surface area contributed by atoms with E-state index in [9.17, 15) is 4.79 Å². The zero-order valence-electron chi connectivity index (χ0n) is 15.1. The number of ether oxygens (including phenoxy) is 1. The number of para-hydroxylation sites is 2. The summed E-state index contributed by atoms with van der Waals surface area (Å²) in [5.41, 5.74) is 2.74. The molecule has 0 unspecified atom stereocenters. The maximum Gasteiger partial charge on any atom is 0.360 e. The first-order chi connectivity index (χ1) is 12.7. The third-order valence-corrected chi connectivity index (χ3v) is 4.15. The Kier molecular flexibility index (Phi) is 5.79. The van der Waals surface area contributed by atoms with Gasteiger partial charge < -0.3 is 10.1 Å². The van der Waals surface area contributed by atoms with Crippen molar-refractivity contribution < 1.29 is 9.53 Å². The van der Waals surface area contributed by atoms with Crippen molar-refractivity contribution in [3.8, 4) is 0 Å². The molecule has 0 spiro atoms. The predicted molar refractivity (Wildman–Crippen MR) is 103 cm³/mol. The molecular formula is C21H23N3O2. The van der Waals surface area contributed by atoms with Gasteiger partial charge >= 0.3 is 5.97 Å². The third-order valence-electron chi connectivity index (χ3n) is 4.15. The zero-order valence-corrected chi connectivity index (χ0v) is 15.1. The van der Waals surface area contributed by atoms with Crippen molar-refractivity contribution in [2.45, 2.75) is 32.7 Å². The highest BCUT2D eigenvalue weighted by Crippen LogP contribution is 2.23. The molecule has 3 rings (SSSR count). The Labute approximate surface area is 153 Å². The number of anilines is 1. The second kappa shape index (κ2) is 8.43. The van der Waals surface area contributed by atoms with Gasteiger partial charge in [0.15, 0.2) is 11.5 Å². The van der Waals surface area contributed by atoms with Crippen LogP contribution in [0.1, 0.15) is 48.8 Å². The van der Waals surface area contributed by atoms with Crippen molar-refractivity contribution in [3.63, 3.8) is 0 Å². The number of nitrogens with zero attached hydrogens (tertiary/aromatic N) is 2. The van der Waals surface area contributed by atoms with E-state index in [4.69, 9.17) is 4.74 Å². The molecule has 1 aromatic heterocycles. The number of benzene rings is 2. The number of hydrogen-bond donors (Lipinski definition) is 1. The number of esters is 1. The largest absolute Gasteiger partial charge is 0.461 e. The van der Waals surface area contributed by atoms with Crippen LogP contribution in [-0.2, 0) is 4.74 Å². The fourth-order valence-electron chi connectivity index (χ4n) is 2.65. The lowest BCUT2D eigenvalue weighted by Gasteiger charge is -2.17. The van der Waals surface area contributed by atoms with E-state index in [0.29, 0.717) is 17.9 Å². The average molecular weight is 349 g/mol. The third kappa shape index (κ3) is 4.17. The van der Waals surface area contributed by atoms with E-state index in [1.54, 1.807) is 0 Å². The van der Waals surface area contributed by atoms with E-state index in [-0.39, 0.29) is 11.7 Å². The molecule has 0 saturated carbocycles. The molecule has 0 aliphatic carbocycles. The first-order valence-corrected chi connectivity index (χ1v) is 8.94. The van der Waals surface area contributed by atoms with Crippen LogP contribution in [0.2, 0.25) is 0 Å². The monoisotopic (exact) mass is 349 g/mol. The molecule has 0 amide bonds. The van der Waals surface area contributed by atoms with Crippen molar-refractivity contribution in [2.24, 2.45) is 0 Å². The van der Waals surface area contributed by atoms with Gasteiger partial charge in [0.05, 0.1) is 23.7 Å². The molecule has 134 valence electrons. The Bertz CT molecular complexity index is 881. The Morgan fingerprint density at radius 2 is 1.69 bits per heavy atom. The molecule has 5 heteroatoms. The number of carbonyl (C=O) groups excluding carboxylic acids is 1. The van der Waals surface area contributed by atoms with Crippen LogP contribution < -0.4 is 5.32 Å². The van der Waals surface area contributed by atoms with Gasteiger partial charge in [0.2, 0.25) is 0 Å². The fraction of sp³-hybridized carbons (Fsp3) is 0.286. The molecular weight excluding hydrogens is 326 g/mol. The minimum absolute atomic E-state index is 0.0196. The first kappa shape index (κ1) is 17.9. The van der Waals surface area contributed by atoms with Crippen LogP contribution in [0, 0.1) is 0 Å². The van der Waals surface area contributed by atoms with Crippen LogP contribution in [0.3, 0.4) is 0 Å². The Morgan fingerprint density at radius 1 is 1.04 bits per heavy atom. The van der Waals surface area contributed by atoms with Crippen molar-refractivity contribution in [2.75, 3.05) is 11.9 Å². The molecule has 3 aromatic rings. The summed E-state index contributed by atoms with van der Waals surface area (Å²) in [5.74, 6) is 0.000941. The summed E-state index contributed by atoms with van der Waals surface area (Å²) in [6.45, 7) is 4.47. The van der Waals surface area contributed by atoms with E-state index >= 15 is 0 Å². The summed E-state index contributed by atoms with van der Waals surface area (Å²) in [5, 5.41) is 3.32. The Hall–Kier alpha value is -2.95. The van der Waals surface area contributed by atoms with Crippen molar-refractivity contribution >= 4 is 22.8 Å². The van der Waals surface area contributed by atoms with Crippen LogP contribution in [-0.4, -0.2) is 22.5 Å². The smallest absolute Gasteiger partial charge is 0.360 e. The van der Waals surface area contributed by atoms with Gasteiger partial charge in [-0.3, -0.25) is 0 Å². The lowest BCUT2D eigenvalue weighted by atomic mass is 10.1. The second-order valence-corrected chi connectivity index (χ2v) is 6.18. The molecule has 0 bridgehead atoms. The molecule has 1 heterocycles. The summed E-state index contributed by atoms with van der Waals surface area (Å²) < 4.78 is 5.36. The van der Waals surface area contributed by atoms with Gasteiger partial charge in [-0.1, -0.05) is 55.8 Å². The summed E-state index contributed by atoms with van der Waals surface area (Å²) in [6, 6.07) is 17.5. The van der Waals surface area contributed by atoms with Crippen LogP contribution in [0.5, 0.6) is 0 Å². The topological polar surface area (TPSA) is 64.1 Å². The Morgan fingerprint density at radius 3 is 2.38 bits per heavy atom. The second-order valence-electron chi connectivity index (χ2n) is 6.18. The first-order valence-electron chi connectivity index (χ1n) is 8.94. The van der Waals surface area contributed by atoms with Gasteiger partial charge in [0.1, 0.15) is 0 Å². The number of hydrogen-bond acceptors (Lipinski definition) is 5. The molecule has 26 heavy (non-hydrogen) atoms. The molecule has 1 atom stereocenters. The van der Waals surface area contributed by atoms with E-state index < -0.39 is 5.97 Å². The van der Waals surface area contributed by atoms with Gasteiger partial charge in [-0.05, 0) is 31.0 Å². The normalized spacial score (nSPS) is 11.9. The minimum atomic E-state index is -0.445. The van der Waals surface area contributed by atoms with Gasteiger partial charge in [-0.15, -0.1) is 0 Å². The number of nitrogens with one attached hydrogen (secondary N) is 1. The molecule has 5 nitrogen and oxygen atoms in total. The summed E-state index contributed by atoms with van der Waals surface area (Å²) in [6.07, 6.45) is 1.79. The Balaban J connectivity index is 1.93. The standard InChI is InChI=1S/C21H23N3O2/c1-3-4-14-26-21(25)19-20(22-15(2)16-10-6-5-7-11-16)24-18-13-9-8-12-17(18)23-19/h5-13,15H,3-4,14H2,1-2H3,(H,22,24)/t15-/m0/s1. The number of carbonyl (C=O) groups is 1. The van der Waals surface area contributed by atoms with Crippen molar-refractivity contribution in [1.29, 1.82) is 0 Å². The van der Waals surface area contributed by atoms with Crippen LogP contribution in [0.15, 0.2) is 54.6 Å². The summed E-state index contributed by atoms with van der Waals surface area (Å²) >= 11 is 0. The predicted octanol–water partition coefficient (Wildman–Crippen LogP) is 4.76. The van der Waals surface area contributed by atoms with E-state index in [2.05, 4.69) is 22.2 Å². The maximum absolute atomic E-state index is 12.5. The maximum atomic E-state index is 12.5. The van der Waals surface area contributed by atoms with E-state index in [1.807, 2.05) is 61.5 Å². The number of aromatic nitrogens is 2. The molecule has 1 N–H and O–H groups in total. The lowest BCUT2D eigenvalue weighted by molar-refractivity contribution is 0.0494. The van der Waals surface area contributed by atoms with Crippen LogP contribution in [0.4, 0.5) is 5.82 Å². The number of rotatable bonds is 7. The van der Waals surface area contributed by atoms with E-state index in [0.717, 1.165) is 23.9 Å². The summed E-state index contributed by atoms with van der Waals surface area (Å²) in [4.78, 5) is 21.7. The average Bonchev–Trinajstić information content (AvgIpc) is 2.68. The van der Waals surface area contributed by atoms with Gasteiger partial charge in [-0.25, -0.2) is 14.8 Å². The van der Waals surface area contributed by atoms with Crippen molar-refractivity contribution in [1.82, 2.24) is 9.97 Å². The van der Waals surface area contributed by atoms with Gasteiger partial charge in [0, 0.05) is 0 Å². The minimum Gasteiger partial charge on any atom is -0.461 e. The van der Waals surface area contributed by atoms with Crippen LogP contribution >= 0.6 is 0 Å². The molecule has 0 radical (unpaired) electrons. The van der Waals surface area contributed by atoms with Crippen LogP contribution in [0.25, 0.3) is 11.0 Å². The van der Waals surface area contributed by atoms with Crippen molar-refractivity contribution in [3.05, 3.63) is 65.9 Å². The highest BCUT2D eigenvalue weighted by molar-refractivity contribution is 5.95. The molecule has 0 aliphatic heterocycles. The van der Waals surface area contributed by atoms with Gasteiger partial charge in [-0.2, -0.15) is 0 Å².